The van der Waals surface area contributed by atoms with Gasteiger partial charge in [-0.2, -0.15) is 35.4 Å². The Hall–Kier alpha value is -2.87. The zero-order chi connectivity index (χ0) is 17.6. The molecule has 0 aliphatic carbocycles. The van der Waals surface area contributed by atoms with Crippen molar-refractivity contribution in [3.63, 3.8) is 0 Å². The third kappa shape index (κ3) is 4.46. The van der Waals surface area contributed by atoms with Gasteiger partial charge in [-0.05, 0) is 11.6 Å². The van der Waals surface area contributed by atoms with Gasteiger partial charge in [-0.3, -0.25) is 4.68 Å². The van der Waals surface area contributed by atoms with Crippen LogP contribution < -0.4 is 0 Å². The van der Waals surface area contributed by atoms with Crippen molar-refractivity contribution in [2.75, 3.05) is 0 Å². The molecule has 27 heavy (non-hydrogen) atoms. The summed E-state index contributed by atoms with van der Waals surface area (Å²) in [6.45, 7) is 0. The van der Waals surface area contributed by atoms with Crippen LogP contribution >= 0.6 is 0 Å². The Morgan fingerprint density at radius 1 is 0.778 bits per heavy atom. The molecule has 0 aliphatic heterocycles. The maximum absolute atomic E-state index is 4.76. The number of benzene rings is 2. The maximum atomic E-state index is 4.76. The first-order valence-corrected chi connectivity index (χ1v) is 8.79. The van der Waals surface area contributed by atoms with Crippen molar-refractivity contribution in [2.45, 2.75) is 6.04 Å². The molecule has 1 atom stereocenters. The summed E-state index contributed by atoms with van der Waals surface area (Å²) in [6, 6.07) is 37.3. The molecule has 5 rings (SSSR count). The Morgan fingerprint density at radius 3 is 2.07 bits per heavy atom. The number of rotatable bonds is 3. The van der Waals surface area contributed by atoms with Crippen LogP contribution in [0.2, 0.25) is 0 Å². The maximum Gasteiger partial charge on any atom is 2.00 e. The number of nitrogens with zero attached hydrogens (tertiary/aromatic N) is 2. The standard InChI is InChI=1S/C19H15N2.C5H5.Fe/c1-2-8-15(9-3-1)19(16-10-4-5-11-16)21-14-17-12-6-7-13-18(17)20-21;1-2-4-5-3-1;/h1-14,19H;1-5H;/q2*-1;+2. The molecular formula is C24H20FeN2. The molecule has 5 aromatic rings. The van der Waals surface area contributed by atoms with Crippen molar-refractivity contribution in [1.29, 1.82) is 0 Å². The summed E-state index contributed by atoms with van der Waals surface area (Å²) >= 11 is 0. The van der Waals surface area contributed by atoms with Crippen LogP contribution in [0.1, 0.15) is 17.2 Å². The molecule has 0 aliphatic rings. The second-order valence-corrected chi connectivity index (χ2v) is 6.16. The molecule has 4 aromatic carbocycles. The molecule has 0 saturated heterocycles. The first kappa shape index (κ1) is 18.9. The van der Waals surface area contributed by atoms with Gasteiger partial charge in [0.1, 0.15) is 0 Å². The molecule has 2 nitrogen and oxygen atoms in total. The third-order valence-corrected chi connectivity index (χ3v) is 4.37. The van der Waals surface area contributed by atoms with Crippen LogP contribution in [0.3, 0.4) is 0 Å². The van der Waals surface area contributed by atoms with Crippen molar-refractivity contribution in [3.05, 3.63) is 127 Å². The second-order valence-electron chi connectivity index (χ2n) is 6.16. The average molecular weight is 392 g/mol. The molecule has 1 heterocycles. The van der Waals surface area contributed by atoms with Crippen molar-refractivity contribution in [1.82, 2.24) is 9.78 Å². The Labute approximate surface area is 170 Å². The van der Waals surface area contributed by atoms with E-state index in [1.807, 2.05) is 48.5 Å². The number of fused-ring (bicyclic) bond motifs is 1. The Bertz CT molecular complexity index is 978. The summed E-state index contributed by atoms with van der Waals surface area (Å²) in [5, 5.41) is 5.93. The van der Waals surface area contributed by atoms with E-state index in [0.717, 1.165) is 5.52 Å². The van der Waals surface area contributed by atoms with Gasteiger partial charge in [0.25, 0.3) is 0 Å². The van der Waals surface area contributed by atoms with Gasteiger partial charge in [-0.1, -0.05) is 48.5 Å². The Morgan fingerprint density at radius 2 is 1.44 bits per heavy atom. The molecule has 0 fully saturated rings. The second kappa shape index (κ2) is 9.18. The van der Waals surface area contributed by atoms with Gasteiger partial charge in [0.05, 0.1) is 11.6 Å². The fourth-order valence-electron chi connectivity index (χ4n) is 3.14. The summed E-state index contributed by atoms with van der Waals surface area (Å²) in [5.41, 5.74) is 3.54. The van der Waals surface area contributed by atoms with Crippen molar-refractivity contribution in [3.8, 4) is 0 Å². The van der Waals surface area contributed by atoms with Gasteiger partial charge in [-0.25, -0.2) is 24.3 Å². The van der Waals surface area contributed by atoms with Gasteiger partial charge in [0, 0.05) is 11.6 Å². The first-order valence-electron chi connectivity index (χ1n) is 8.79. The summed E-state index contributed by atoms with van der Waals surface area (Å²) in [6.07, 6.45) is 2.12. The van der Waals surface area contributed by atoms with Gasteiger partial charge in [0.2, 0.25) is 0 Å². The number of hydrogen-bond acceptors (Lipinski definition) is 1. The summed E-state index contributed by atoms with van der Waals surface area (Å²) in [4.78, 5) is 0. The SMILES string of the molecule is [Fe+2].c1cc[cH-]c1.c1ccc(C([c-]2cccc2)n2cc3ccccc3n2)cc1. The minimum absolute atomic E-state index is 0. The van der Waals surface area contributed by atoms with Crippen LogP contribution in [-0.4, -0.2) is 9.78 Å². The van der Waals surface area contributed by atoms with Crippen LogP contribution in [0, 0.1) is 0 Å². The number of hydrogen-bond donors (Lipinski definition) is 0. The van der Waals surface area contributed by atoms with Crippen molar-refractivity contribution in [2.24, 2.45) is 0 Å². The fourth-order valence-corrected chi connectivity index (χ4v) is 3.14. The first-order chi connectivity index (χ1) is 12.9. The van der Waals surface area contributed by atoms with E-state index in [-0.39, 0.29) is 23.1 Å². The van der Waals surface area contributed by atoms with E-state index in [1.165, 1.54) is 16.5 Å². The third-order valence-electron chi connectivity index (χ3n) is 4.37. The molecule has 1 aromatic heterocycles. The van der Waals surface area contributed by atoms with E-state index >= 15 is 0 Å². The molecule has 134 valence electrons. The summed E-state index contributed by atoms with van der Waals surface area (Å²) < 4.78 is 2.06. The summed E-state index contributed by atoms with van der Waals surface area (Å²) in [5.74, 6) is 0. The minimum Gasteiger partial charge on any atom is -0.271 e. The van der Waals surface area contributed by atoms with E-state index in [4.69, 9.17) is 5.10 Å². The summed E-state index contributed by atoms with van der Waals surface area (Å²) in [7, 11) is 0. The van der Waals surface area contributed by atoms with Gasteiger partial charge < -0.3 is 0 Å². The predicted octanol–water partition coefficient (Wildman–Crippen LogP) is 5.80. The van der Waals surface area contributed by atoms with Crippen LogP contribution in [-0.2, 0) is 17.1 Å². The van der Waals surface area contributed by atoms with E-state index in [9.17, 15) is 0 Å². The molecule has 1 unspecified atom stereocenters. The normalized spacial score (nSPS) is 11.3. The molecule has 0 saturated carbocycles. The fraction of sp³-hybridized carbons (Fsp3) is 0.0417. The Balaban J connectivity index is 0.000000306. The Kier molecular flexibility index (Phi) is 6.43. The van der Waals surface area contributed by atoms with E-state index in [0.29, 0.717) is 0 Å². The van der Waals surface area contributed by atoms with E-state index < -0.39 is 0 Å². The monoisotopic (exact) mass is 392 g/mol. The van der Waals surface area contributed by atoms with Crippen LogP contribution in [0.15, 0.2) is 115 Å². The van der Waals surface area contributed by atoms with E-state index in [2.05, 4.69) is 71.5 Å². The molecule has 0 amide bonds. The zero-order valence-electron chi connectivity index (χ0n) is 14.8. The zero-order valence-corrected chi connectivity index (χ0v) is 15.9. The predicted molar refractivity (Wildman–Crippen MR) is 107 cm³/mol. The molecule has 0 bridgehead atoms. The van der Waals surface area contributed by atoms with Crippen molar-refractivity contribution < 1.29 is 17.1 Å². The molecular weight excluding hydrogens is 372 g/mol. The minimum atomic E-state index is 0. The molecule has 0 N–H and O–H groups in total. The van der Waals surface area contributed by atoms with Crippen molar-refractivity contribution >= 4 is 10.9 Å². The van der Waals surface area contributed by atoms with Crippen LogP contribution in [0.25, 0.3) is 10.9 Å². The number of aromatic nitrogens is 2. The molecule has 0 radical (unpaired) electrons. The smallest absolute Gasteiger partial charge is 0.271 e. The van der Waals surface area contributed by atoms with Gasteiger partial charge >= 0.3 is 17.1 Å². The quantitative estimate of drug-likeness (QED) is 0.281. The van der Waals surface area contributed by atoms with Gasteiger partial charge in [-0.15, -0.1) is 5.56 Å². The largest absolute Gasteiger partial charge is 2.00 e. The van der Waals surface area contributed by atoms with Gasteiger partial charge in [0.15, 0.2) is 0 Å². The van der Waals surface area contributed by atoms with E-state index in [1.54, 1.807) is 0 Å². The molecule has 0 spiro atoms. The van der Waals surface area contributed by atoms with Crippen LogP contribution in [0.5, 0.6) is 0 Å². The topological polar surface area (TPSA) is 17.8 Å². The molecule has 3 heteroatoms. The van der Waals surface area contributed by atoms with Crippen LogP contribution in [0.4, 0.5) is 0 Å². The average Bonchev–Trinajstić information content (AvgIpc) is 3.46.